The van der Waals surface area contributed by atoms with Crippen LogP contribution in [-0.4, -0.2) is 30.9 Å². The van der Waals surface area contributed by atoms with Crippen LogP contribution in [-0.2, 0) is 16.4 Å². The van der Waals surface area contributed by atoms with E-state index in [1.54, 1.807) is 6.07 Å². The number of phenolic OH excluding ortho intramolecular Hbond substituents is 1. The molecule has 7 heteroatoms. The molecule has 0 heterocycles. The van der Waals surface area contributed by atoms with E-state index < -0.39 is 16.1 Å². The number of aromatic hydroxyl groups is 1. The highest BCUT2D eigenvalue weighted by molar-refractivity contribution is 7.92. The normalized spacial score (nSPS) is 23.5. The Morgan fingerprint density at radius 3 is 2.72 bits per heavy atom. The van der Waals surface area contributed by atoms with Crippen molar-refractivity contribution in [3.8, 4) is 5.75 Å². The third-order valence-corrected chi connectivity index (χ3v) is 3.64. The Balaban J connectivity index is 2.54. The van der Waals surface area contributed by atoms with Gasteiger partial charge in [-0.2, -0.15) is 0 Å². The van der Waals surface area contributed by atoms with Gasteiger partial charge in [-0.05, 0) is 30.0 Å². The van der Waals surface area contributed by atoms with E-state index in [1.807, 2.05) is 0 Å². The highest BCUT2D eigenvalue weighted by Gasteiger charge is 2.28. The van der Waals surface area contributed by atoms with Gasteiger partial charge in [0.2, 0.25) is 10.0 Å². The Morgan fingerprint density at radius 2 is 2.11 bits per heavy atom. The molecular weight excluding hydrogens is 256 g/mol. The molecule has 1 aromatic carbocycles. The van der Waals surface area contributed by atoms with E-state index in [0.29, 0.717) is 24.0 Å². The van der Waals surface area contributed by atoms with Gasteiger partial charge in [0.05, 0.1) is 18.0 Å². The number of aliphatic hydroxyl groups excluding tert-OH is 1. The predicted molar refractivity (Wildman–Crippen MR) is 67.8 cm³/mol. The number of sulfonamides is 1. The standard InChI is InChI=1S/C11H16N2O4S/c1-18(16,17)13-10-6-2-4-8(12)11(15)7(6)3-5-9(10)14/h3,5,8,11,13-15H,2,4,12H2,1H3. The van der Waals surface area contributed by atoms with Crippen LogP contribution >= 0.6 is 0 Å². The lowest BCUT2D eigenvalue weighted by molar-refractivity contribution is 0.134. The lowest BCUT2D eigenvalue weighted by atomic mass is 9.85. The average Bonchev–Trinajstić information content (AvgIpc) is 2.26. The Kier molecular flexibility index (Phi) is 3.22. The second kappa shape index (κ2) is 4.42. The second-order valence-corrected chi connectivity index (χ2v) is 6.30. The van der Waals surface area contributed by atoms with Crippen LogP contribution in [0.5, 0.6) is 5.75 Å². The van der Waals surface area contributed by atoms with Gasteiger partial charge >= 0.3 is 0 Å². The molecule has 0 aromatic heterocycles. The van der Waals surface area contributed by atoms with Gasteiger partial charge in [0.15, 0.2) is 0 Å². The first-order chi connectivity index (χ1) is 8.29. The molecule has 1 aromatic rings. The predicted octanol–water partition coefficient (Wildman–Crippen LogP) is 0.0706. The van der Waals surface area contributed by atoms with Crippen LogP contribution in [0.3, 0.4) is 0 Å². The first kappa shape index (κ1) is 13.1. The van der Waals surface area contributed by atoms with Crippen LogP contribution in [0.1, 0.15) is 23.7 Å². The third kappa shape index (κ3) is 2.43. The van der Waals surface area contributed by atoms with E-state index in [-0.39, 0.29) is 17.5 Å². The van der Waals surface area contributed by atoms with Crippen LogP contribution in [0.4, 0.5) is 5.69 Å². The Labute approximate surface area is 105 Å². The molecule has 1 aliphatic rings. The molecular formula is C11H16N2O4S. The van der Waals surface area contributed by atoms with E-state index in [0.717, 1.165) is 6.26 Å². The molecule has 0 amide bonds. The quantitative estimate of drug-likeness (QED) is 0.569. The summed E-state index contributed by atoms with van der Waals surface area (Å²) in [6, 6.07) is 2.56. The molecule has 0 saturated heterocycles. The first-order valence-corrected chi connectivity index (χ1v) is 7.45. The Bertz CT molecular complexity index is 571. The molecule has 100 valence electrons. The lowest BCUT2D eigenvalue weighted by Crippen LogP contribution is -2.33. The molecule has 2 rings (SSSR count). The summed E-state index contributed by atoms with van der Waals surface area (Å²) in [6.45, 7) is 0. The van der Waals surface area contributed by atoms with E-state index >= 15 is 0 Å². The zero-order valence-corrected chi connectivity index (χ0v) is 10.7. The number of aliphatic hydroxyl groups is 1. The largest absolute Gasteiger partial charge is 0.506 e. The van der Waals surface area contributed by atoms with Crippen molar-refractivity contribution < 1.29 is 18.6 Å². The lowest BCUT2D eigenvalue weighted by Gasteiger charge is -2.29. The fraction of sp³-hybridized carbons (Fsp3) is 0.455. The van der Waals surface area contributed by atoms with Gasteiger partial charge in [0, 0.05) is 6.04 Å². The van der Waals surface area contributed by atoms with Crippen molar-refractivity contribution in [1.29, 1.82) is 0 Å². The number of nitrogens with one attached hydrogen (secondary N) is 1. The monoisotopic (exact) mass is 272 g/mol. The molecule has 0 radical (unpaired) electrons. The third-order valence-electron chi connectivity index (χ3n) is 3.07. The highest BCUT2D eigenvalue weighted by atomic mass is 32.2. The average molecular weight is 272 g/mol. The van der Waals surface area contributed by atoms with E-state index in [2.05, 4.69) is 4.72 Å². The van der Waals surface area contributed by atoms with Crippen LogP contribution in [0.25, 0.3) is 0 Å². The molecule has 2 unspecified atom stereocenters. The highest BCUT2D eigenvalue weighted by Crippen LogP contribution is 2.38. The van der Waals surface area contributed by atoms with Gasteiger partial charge in [0.25, 0.3) is 0 Å². The maximum absolute atomic E-state index is 11.3. The number of anilines is 1. The van der Waals surface area contributed by atoms with E-state index in [9.17, 15) is 18.6 Å². The Morgan fingerprint density at radius 1 is 1.44 bits per heavy atom. The molecule has 2 atom stereocenters. The minimum atomic E-state index is -3.49. The van der Waals surface area contributed by atoms with E-state index in [1.165, 1.54) is 6.07 Å². The van der Waals surface area contributed by atoms with Crippen molar-refractivity contribution in [3.63, 3.8) is 0 Å². The van der Waals surface area contributed by atoms with Crippen molar-refractivity contribution >= 4 is 15.7 Å². The summed E-state index contributed by atoms with van der Waals surface area (Å²) in [5, 5.41) is 19.7. The van der Waals surface area contributed by atoms with Gasteiger partial charge in [-0.1, -0.05) is 6.07 Å². The van der Waals surface area contributed by atoms with Crippen molar-refractivity contribution in [1.82, 2.24) is 0 Å². The molecule has 1 aliphatic carbocycles. The molecule has 0 aliphatic heterocycles. The Hall–Kier alpha value is -1.31. The molecule has 0 bridgehead atoms. The SMILES string of the molecule is CS(=O)(=O)Nc1c(O)ccc2c1CCC(N)C2O. The van der Waals surface area contributed by atoms with Gasteiger partial charge in [-0.25, -0.2) is 8.42 Å². The summed E-state index contributed by atoms with van der Waals surface area (Å²) in [4.78, 5) is 0. The number of hydrogen-bond acceptors (Lipinski definition) is 5. The number of benzene rings is 1. The number of fused-ring (bicyclic) bond motifs is 1. The zero-order chi connectivity index (χ0) is 13.5. The van der Waals surface area contributed by atoms with Gasteiger partial charge in [-0.15, -0.1) is 0 Å². The first-order valence-electron chi connectivity index (χ1n) is 5.56. The van der Waals surface area contributed by atoms with Crippen LogP contribution in [0.2, 0.25) is 0 Å². The molecule has 5 N–H and O–H groups in total. The van der Waals surface area contributed by atoms with E-state index in [4.69, 9.17) is 5.73 Å². The number of phenols is 1. The smallest absolute Gasteiger partial charge is 0.229 e. The maximum Gasteiger partial charge on any atom is 0.229 e. The number of rotatable bonds is 2. The summed E-state index contributed by atoms with van der Waals surface area (Å²) in [5.41, 5.74) is 7.07. The van der Waals surface area contributed by atoms with Crippen LogP contribution in [0.15, 0.2) is 12.1 Å². The molecule has 0 spiro atoms. The van der Waals surface area contributed by atoms with Crippen LogP contribution < -0.4 is 10.5 Å². The van der Waals surface area contributed by atoms with Crippen molar-refractivity contribution in [2.75, 3.05) is 11.0 Å². The second-order valence-electron chi connectivity index (χ2n) is 4.55. The van der Waals surface area contributed by atoms with Crippen molar-refractivity contribution in [2.24, 2.45) is 5.73 Å². The van der Waals surface area contributed by atoms with Crippen molar-refractivity contribution in [3.05, 3.63) is 23.3 Å². The fourth-order valence-corrected chi connectivity index (χ4v) is 2.80. The summed E-state index contributed by atoms with van der Waals surface area (Å²) in [5.74, 6) is -0.151. The fourth-order valence-electron chi connectivity index (χ4n) is 2.20. The summed E-state index contributed by atoms with van der Waals surface area (Å²) in [7, 11) is -3.49. The minimum Gasteiger partial charge on any atom is -0.506 e. The van der Waals surface area contributed by atoms with Crippen molar-refractivity contribution in [2.45, 2.75) is 25.0 Å². The topological polar surface area (TPSA) is 113 Å². The summed E-state index contributed by atoms with van der Waals surface area (Å²) >= 11 is 0. The summed E-state index contributed by atoms with van der Waals surface area (Å²) in [6.07, 6.45) is 1.22. The minimum absolute atomic E-state index is 0.140. The zero-order valence-electron chi connectivity index (χ0n) is 9.92. The number of hydrogen-bond donors (Lipinski definition) is 4. The maximum atomic E-state index is 11.3. The van der Waals surface area contributed by atoms with Gasteiger partial charge in [0.1, 0.15) is 5.75 Å². The van der Waals surface area contributed by atoms with Gasteiger partial charge < -0.3 is 15.9 Å². The molecule has 18 heavy (non-hydrogen) atoms. The molecule has 0 fully saturated rings. The number of nitrogens with two attached hydrogens (primary N) is 1. The van der Waals surface area contributed by atoms with Gasteiger partial charge in [-0.3, -0.25) is 4.72 Å². The molecule has 0 saturated carbocycles. The van der Waals surface area contributed by atoms with Crippen LogP contribution in [0, 0.1) is 0 Å². The summed E-state index contributed by atoms with van der Waals surface area (Å²) < 4.78 is 24.8. The molecule has 6 nitrogen and oxygen atoms in total.